The smallest absolute Gasteiger partial charge is 0.241 e. The minimum absolute atomic E-state index is 0.0501. The van der Waals surface area contributed by atoms with Crippen molar-refractivity contribution in [1.29, 1.82) is 0 Å². The SMILES string of the molecule is Cc1ccc(Cl)cc1N1CCN(CCCNC(=O)Cn2cc3c(n2)CCC(C)C3)CC1. The standard InChI is InChI=1S/C24H34ClN5O/c1-18-4-7-22-20(14-18)16-30(27-22)17-24(31)26-8-3-9-28-10-12-29(13-11-28)23-15-21(25)6-5-19(23)2/h5-6,15-16,18H,3-4,7-14,17H2,1-2H3,(H,26,31). The van der Waals surface area contributed by atoms with Crippen LogP contribution in [0.2, 0.25) is 5.02 Å². The summed E-state index contributed by atoms with van der Waals surface area (Å²) in [6.45, 7) is 10.6. The minimum Gasteiger partial charge on any atom is -0.369 e. The summed E-state index contributed by atoms with van der Waals surface area (Å²) in [5, 5.41) is 8.46. The van der Waals surface area contributed by atoms with E-state index in [0.29, 0.717) is 13.1 Å². The Kier molecular flexibility index (Phi) is 7.18. The van der Waals surface area contributed by atoms with Crippen molar-refractivity contribution in [3.63, 3.8) is 0 Å². The van der Waals surface area contributed by atoms with Crippen LogP contribution in [0.15, 0.2) is 24.4 Å². The summed E-state index contributed by atoms with van der Waals surface area (Å²) in [4.78, 5) is 17.2. The Morgan fingerprint density at radius 3 is 2.87 bits per heavy atom. The lowest BCUT2D eigenvalue weighted by atomic mass is 9.89. The Balaban J connectivity index is 1.14. The van der Waals surface area contributed by atoms with Gasteiger partial charge in [0.25, 0.3) is 0 Å². The normalized spacial score (nSPS) is 19.3. The first kappa shape index (κ1) is 22.2. The first-order valence-corrected chi connectivity index (χ1v) is 11.9. The Bertz CT molecular complexity index is 903. The van der Waals surface area contributed by atoms with Gasteiger partial charge in [-0.25, -0.2) is 0 Å². The van der Waals surface area contributed by atoms with Crippen molar-refractivity contribution in [2.24, 2.45) is 5.92 Å². The van der Waals surface area contributed by atoms with Gasteiger partial charge in [0.1, 0.15) is 6.54 Å². The van der Waals surface area contributed by atoms with Gasteiger partial charge in [-0.15, -0.1) is 0 Å². The molecule has 2 aliphatic rings. The molecule has 1 unspecified atom stereocenters. The average Bonchev–Trinajstić information content (AvgIpc) is 3.14. The van der Waals surface area contributed by atoms with Crippen molar-refractivity contribution in [3.8, 4) is 0 Å². The van der Waals surface area contributed by atoms with Crippen LogP contribution < -0.4 is 10.2 Å². The van der Waals surface area contributed by atoms with Gasteiger partial charge in [0.2, 0.25) is 5.91 Å². The number of hydrogen-bond donors (Lipinski definition) is 1. The molecule has 0 spiro atoms. The van der Waals surface area contributed by atoms with Gasteiger partial charge in [-0.1, -0.05) is 24.6 Å². The van der Waals surface area contributed by atoms with Gasteiger partial charge in [0, 0.05) is 49.6 Å². The van der Waals surface area contributed by atoms with Crippen LogP contribution in [-0.2, 0) is 24.2 Å². The number of aromatic nitrogens is 2. The van der Waals surface area contributed by atoms with E-state index in [-0.39, 0.29) is 5.91 Å². The van der Waals surface area contributed by atoms with Crippen LogP contribution in [-0.4, -0.2) is 59.9 Å². The Hall–Kier alpha value is -2.05. The molecule has 7 heteroatoms. The number of nitrogens with one attached hydrogen (secondary N) is 1. The van der Waals surface area contributed by atoms with E-state index >= 15 is 0 Å². The number of piperazine rings is 1. The average molecular weight is 444 g/mol. The number of hydrogen-bond acceptors (Lipinski definition) is 4. The molecule has 1 aromatic carbocycles. The third-order valence-corrected chi connectivity index (χ3v) is 6.77. The summed E-state index contributed by atoms with van der Waals surface area (Å²) >= 11 is 6.18. The van der Waals surface area contributed by atoms with E-state index in [1.54, 1.807) is 0 Å². The Morgan fingerprint density at radius 2 is 2.06 bits per heavy atom. The fraction of sp³-hybridized carbons (Fsp3) is 0.583. The molecule has 1 aliphatic heterocycles. The maximum absolute atomic E-state index is 12.3. The predicted molar refractivity (Wildman–Crippen MR) is 126 cm³/mol. The van der Waals surface area contributed by atoms with Crippen molar-refractivity contribution in [3.05, 3.63) is 46.2 Å². The maximum atomic E-state index is 12.3. The Labute approximate surface area is 190 Å². The van der Waals surface area contributed by atoms with Crippen molar-refractivity contribution < 1.29 is 4.79 Å². The molecule has 2 aromatic rings. The van der Waals surface area contributed by atoms with Gasteiger partial charge in [-0.05, 0) is 68.3 Å². The topological polar surface area (TPSA) is 53.4 Å². The number of amides is 1. The number of aryl methyl sites for hydroxylation is 2. The lowest BCUT2D eigenvalue weighted by molar-refractivity contribution is -0.121. The fourth-order valence-corrected chi connectivity index (χ4v) is 4.86. The van der Waals surface area contributed by atoms with Crippen LogP contribution in [0.1, 0.15) is 36.6 Å². The molecule has 1 fully saturated rings. The molecule has 1 aliphatic carbocycles. The first-order valence-electron chi connectivity index (χ1n) is 11.5. The molecule has 0 saturated carbocycles. The zero-order chi connectivity index (χ0) is 21.8. The van der Waals surface area contributed by atoms with E-state index in [1.165, 1.54) is 28.9 Å². The monoisotopic (exact) mass is 443 g/mol. The number of nitrogens with zero attached hydrogens (tertiary/aromatic N) is 4. The van der Waals surface area contributed by atoms with E-state index in [1.807, 2.05) is 10.7 Å². The molecule has 1 N–H and O–H groups in total. The maximum Gasteiger partial charge on any atom is 0.241 e. The van der Waals surface area contributed by atoms with Gasteiger partial charge >= 0.3 is 0 Å². The molecule has 1 saturated heterocycles. The van der Waals surface area contributed by atoms with Crippen LogP contribution in [0, 0.1) is 12.8 Å². The highest BCUT2D eigenvalue weighted by molar-refractivity contribution is 6.30. The quantitative estimate of drug-likeness (QED) is 0.667. The molecule has 4 rings (SSSR count). The second-order valence-electron chi connectivity index (χ2n) is 9.11. The summed E-state index contributed by atoms with van der Waals surface area (Å²) in [5.41, 5.74) is 5.01. The molecule has 1 atom stereocenters. The van der Waals surface area contributed by atoms with Crippen LogP contribution in [0.3, 0.4) is 0 Å². The molecule has 0 radical (unpaired) electrons. The highest BCUT2D eigenvalue weighted by Crippen LogP contribution is 2.25. The molecule has 6 nitrogen and oxygen atoms in total. The zero-order valence-corrected chi connectivity index (χ0v) is 19.5. The van der Waals surface area contributed by atoms with E-state index in [4.69, 9.17) is 11.6 Å². The number of halogens is 1. The molecule has 168 valence electrons. The highest BCUT2D eigenvalue weighted by Gasteiger charge is 2.20. The summed E-state index contributed by atoms with van der Waals surface area (Å²) in [7, 11) is 0. The molecule has 1 amide bonds. The number of fused-ring (bicyclic) bond motifs is 1. The minimum atomic E-state index is 0.0501. The lowest BCUT2D eigenvalue weighted by Gasteiger charge is -2.37. The Morgan fingerprint density at radius 1 is 1.26 bits per heavy atom. The van der Waals surface area contributed by atoms with Crippen LogP contribution >= 0.6 is 11.6 Å². The number of carbonyl (C=O) groups excluding carboxylic acids is 1. The number of carbonyl (C=O) groups is 1. The summed E-state index contributed by atoms with van der Waals surface area (Å²) in [5.74, 6) is 0.768. The molecule has 1 aromatic heterocycles. The number of anilines is 1. The second kappa shape index (κ2) is 10.0. The lowest BCUT2D eigenvalue weighted by Crippen LogP contribution is -2.47. The molecular weight excluding hydrogens is 410 g/mol. The van der Waals surface area contributed by atoms with Crippen LogP contribution in [0.5, 0.6) is 0 Å². The molecule has 31 heavy (non-hydrogen) atoms. The van der Waals surface area contributed by atoms with Crippen molar-refractivity contribution in [1.82, 2.24) is 20.0 Å². The van der Waals surface area contributed by atoms with E-state index < -0.39 is 0 Å². The zero-order valence-electron chi connectivity index (χ0n) is 18.7. The predicted octanol–water partition coefficient (Wildman–Crippen LogP) is 3.30. The van der Waals surface area contributed by atoms with Gasteiger partial charge in [0.05, 0.1) is 5.69 Å². The van der Waals surface area contributed by atoms with Crippen molar-refractivity contribution in [2.75, 3.05) is 44.2 Å². The fourth-order valence-electron chi connectivity index (χ4n) is 4.69. The summed E-state index contributed by atoms with van der Waals surface area (Å²) < 4.78 is 1.81. The van der Waals surface area contributed by atoms with Crippen LogP contribution in [0.25, 0.3) is 0 Å². The number of benzene rings is 1. The molecular formula is C24H34ClN5O. The van der Waals surface area contributed by atoms with Gasteiger partial charge in [-0.2, -0.15) is 5.10 Å². The second-order valence-corrected chi connectivity index (χ2v) is 9.55. The van der Waals surface area contributed by atoms with E-state index in [0.717, 1.165) is 62.9 Å². The third-order valence-electron chi connectivity index (χ3n) is 6.53. The van der Waals surface area contributed by atoms with Gasteiger partial charge in [0.15, 0.2) is 0 Å². The molecule has 0 bridgehead atoms. The van der Waals surface area contributed by atoms with Crippen molar-refractivity contribution >= 4 is 23.2 Å². The van der Waals surface area contributed by atoms with E-state index in [2.05, 4.69) is 52.4 Å². The summed E-state index contributed by atoms with van der Waals surface area (Å²) in [6, 6.07) is 6.11. The first-order chi connectivity index (χ1) is 15.0. The number of rotatable bonds is 7. The van der Waals surface area contributed by atoms with Gasteiger partial charge in [-0.3, -0.25) is 14.4 Å². The van der Waals surface area contributed by atoms with Gasteiger partial charge < -0.3 is 10.2 Å². The molecule has 2 heterocycles. The third kappa shape index (κ3) is 5.80. The van der Waals surface area contributed by atoms with Crippen LogP contribution in [0.4, 0.5) is 5.69 Å². The largest absolute Gasteiger partial charge is 0.369 e. The van der Waals surface area contributed by atoms with E-state index in [9.17, 15) is 4.79 Å². The summed E-state index contributed by atoms with van der Waals surface area (Å²) in [6.07, 6.45) is 6.35. The highest BCUT2D eigenvalue weighted by atomic mass is 35.5. The van der Waals surface area contributed by atoms with Crippen molar-refractivity contribution in [2.45, 2.75) is 46.1 Å².